The molecule has 0 amide bonds. The minimum absolute atomic E-state index is 0.229. The van der Waals surface area contributed by atoms with E-state index in [4.69, 9.17) is 0 Å². The lowest BCUT2D eigenvalue weighted by Crippen LogP contribution is -2.10. The second-order valence-electron chi connectivity index (χ2n) is 5.08. The van der Waals surface area contributed by atoms with E-state index in [1.165, 1.54) is 17.7 Å². The van der Waals surface area contributed by atoms with Crippen molar-refractivity contribution in [3.05, 3.63) is 46.8 Å². The Hall–Kier alpha value is -2.41. The zero-order valence-corrected chi connectivity index (χ0v) is 13.6. The van der Waals surface area contributed by atoms with E-state index in [0.29, 0.717) is 11.4 Å². The van der Waals surface area contributed by atoms with Crippen molar-refractivity contribution in [1.82, 2.24) is 25.6 Å². The summed E-state index contributed by atoms with van der Waals surface area (Å²) in [7, 11) is 0. The monoisotopic (exact) mass is 327 g/mol. The van der Waals surface area contributed by atoms with Gasteiger partial charge in [0.2, 0.25) is 5.82 Å². The molecule has 2 heterocycles. The molecular weight excluding hydrogens is 310 g/mol. The van der Waals surface area contributed by atoms with Gasteiger partial charge < -0.3 is 4.98 Å². The summed E-state index contributed by atoms with van der Waals surface area (Å²) in [5.41, 5.74) is 1.94. The SMILES string of the molecule is CCCCSc1cccc(-c2ccc(-c3nn[nH]n3)c(=O)[nH]2)c1. The van der Waals surface area contributed by atoms with Crippen LogP contribution in [0, 0.1) is 0 Å². The highest BCUT2D eigenvalue weighted by molar-refractivity contribution is 7.99. The van der Waals surface area contributed by atoms with Crippen molar-refractivity contribution >= 4 is 11.8 Å². The zero-order valence-electron chi connectivity index (χ0n) is 12.7. The van der Waals surface area contributed by atoms with E-state index in [1.54, 1.807) is 6.07 Å². The molecular formula is C16H17N5OS. The number of pyridine rings is 1. The van der Waals surface area contributed by atoms with Gasteiger partial charge in [-0.2, -0.15) is 5.21 Å². The number of aromatic nitrogens is 5. The van der Waals surface area contributed by atoms with Crippen LogP contribution in [-0.2, 0) is 0 Å². The smallest absolute Gasteiger partial charge is 0.259 e. The quantitative estimate of drug-likeness (QED) is 0.536. The number of H-pyrrole nitrogens is 2. The second-order valence-corrected chi connectivity index (χ2v) is 6.25. The van der Waals surface area contributed by atoms with Crippen molar-refractivity contribution in [2.75, 3.05) is 5.75 Å². The van der Waals surface area contributed by atoms with Gasteiger partial charge in [0.1, 0.15) is 0 Å². The summed E-state index contributed by atoms with van der Waals surface area (Å²) in [5, 5.41) is 13.5. The van der Waals surface area contributed by atoms with Gasteiger partial charge in [0.05, 0.1) is 5.56 Å². The average molecular weight is 327 g/mol. The Morgan fingerprint density at radius 2 is 2.13 bits per heavy atom. The van der Waals surface area contributed by atoms with Crippen molar-refractivity contribution < 1.29 is 0 Å². The normalized spacial score (nSPS) is 10.8. The average Bonchev–Trinajstić information content (AvgIpc) is 3.09. The highest BCUT2D eigenvalue weighted by Crippen LogP contribution is 2.25. The summed E-state index contributed by atoms with van der Waals surface area (Å²) >= 11 is 1.83. The summed E-state index contributed by atoms with van der Waals surface area (Å²) in [6.45, 7) is 2.19. The lowest BCUT2D eigenvalue weighted by Gasteiger charge is -2.06. The molecule has 0 fully saturated rings. The van der Waals surface area contributed by atoms with Gasteiger partial charge in [-0.25, -0.2) is 0 Å². The van der Waals surface area contributed by atoms with E-state index in [0.717, 1.165) is 17.0 Å². The molecule has 0 aliphatic carbocycles. The summed E-state index contributed by atoms with van der Waals surface area (Å²) < 4.78 is 0. The van der Waals surface area contributed by atoms with Gasteiger partial charge in [-0.1, -0.05) is 25.5 Å². The van der Waals surface area contributed by atoms with Crippen molar-refractivity contribution in [1.29, 1.82) is 0 Å². The highest BCUT2D eigenvalue weighted by atomic mass is 32.2. The fourth-order valence-electron chi connectivity index (χ4n) is 2.18. The molecule has 1 aromatic carbocycles. The van der Waals surface area contributed by atoms with Crippen LogP contribution in [0.15, 0.2) is 46.1 Å². The lowest BCUT2D eigenvalue weighted by atomic mass is 10.1. The maximum Gasteiger partial charge on any atom is 0.259 e. The summed E-state index contributed by atoms with van der Waals surface area (Å²) in [4.78, 5) is 16.3. The molecule has 7 heteroatoms. The third-order valence-electron chi connectivity index (χ3n) is 3.41. The molecule has 0 aliphatic rings. The molecule has 0 bridgehead atoms. The van der Waals surface area contributed by atoms with Crippen molar-refractivity contribution in [3.8, 4) is 22.6 Å². The standard InChI is InChI=1S/C16H17N5OS/c1-2-3-9-23-12-6-4-5-11(10-12)14-8-7-13(16(22)17-14)15-18-20-21-19-15/h4-8,10H,2-3,9H2,1H3,(H,17,22)(H,18,19,20,21). The minimum atomic E-state index is -0.229. The number of thioether (sulfide) groups is 1. The van der Waals surface area contributed by atoms with Crippen molar-refractivity contribution in [2.45, 2.75) is 24.7 Å². The summed E-state index contributed by atoms with van der Waals surface area (Å²) in [5.74, 6) is 1.40. The number of nitrogens with one attached hydrogen (secondary N) is 2. The number of aromatic amines is 2. The molecule has 0 aliphatic heterocycles. The van der Waals surface area contributed by atoms with E-state index < -0.39 is 0 Å². The first-order chi connectivity index (χ1) is 11.3. The van der Waals surface area contributed by atoms with Crippen LogP contribution in [0.4, 0.5) is 0 Å². The lowest BCUT2D eigenvalue weighted by molar-refractivity contribution is 0.881. The first-order valence-corrected chi connectivity index (χ1v) is 8.47. The molecule has 0 unspecified atom stereocenters. The van der Waals surface area contributed by atoms with Gasteiger partial charge in [0.25, 0.3) is 5.56 Å². The number of tetrazole rings is 1. The van der Waals surface area contributed by atoms with Gasteiger partial charge >= 0.3 is 0 Å². The first-order valence-electron chi connectivity index (χ1n) is 7.48. The molecule has 2 aromatic heterocycles. The van der Waals surface area contributed by atoms with E-state index in [-0.39, 0.29) is 5.56 Å². The van der Waals surface area contributed by atoms with Crippen LogP contribution in [0.1, 0.15) is 19.8 Å². The molecule has 0 saturated carbocycles. The van der Waals surface area contributed by atoms with Gasteiger partial charge in [-0.3, -0.25) is 4.79 Å². The summed E-state index contributed by atoms with van der Waals surface area (Å²) in [6.07, 6.45) is 2.39. The third kappa shape index (κ3) is 3.68. The first kappa shape index (κ1) is 15.5. The number of rotatable bonds is 6. The molecule has 3 aromatic rings. The topological polar surface area (TPSA) is 87.3 Å². The summed E-state index contributed by atoms with van der Waals surface area (Å²) in [6, 6.07) is 11.8. The van der Waals surface area contributed by atoms with Crippen LogP contribution >= 0.6 is 11.8 Å². The van der Waals surface area contributed by atoms with Crippen LogP contribution in [0.2, 0.25) is 0 Å². The Morgan fingerprint density at radius 1 is 1.22 bits per heavy atom. The van der Waals surface area contributed by atoms with Gasteiger partial charge in [-0.15, -0.1) is 22.0 Å². The highest BCUT2D eigenvalue weighted by Gasteiger charge is 2.09. The Balaban J connectivity index is 1.86. The van der Waals surface area contributed by atoms with E-state index in [9.17, 15) is 4.79 Å². The minimum Gasteiger partial charge on any atom is -0.321 e. The van der Waals surface area contributed by atoms with Gasteiger partial charge in [0.15, 0.2) is 0 Å². The number of hydrogen-bond donors (Lipinski definition) is 2. The van der Waals surface area contributed by atoms with E-state index >= 15 is 0 Å². The molecule has 0 radical (unpaired) electrons. The Labute approximate surface area is 137 Å². The number of hydrogen-bond acceptors (Lipinski definition) is 5. The molecule has 0 spiro atoms. The zero-order chi connectivity index (χ0) is 16.1. The van der Waals surface area contributed by atoms with Crippen molar-refractivity contribution in [2.24, 2.45) is 0 Å². The predicted molar refractivity (Wildman–Crippen MR) is 91.3 cm³/mol. The molecule has 6 nitrogen and oxygen atoms in total. The number of unbranched alkanes of at least 4 members (excludes halogenated alkanes) is 1. The molecule has 3 rings (SSSR count). The number of nitrogens with zero attached hydrogens (tertiary/aromatic N) is 3. The van der Waals surface area contributed by atoms with Crippen LogP contribution in [0.3, 0.4) is 0 Å². The van der Waals surface area contributed by atoms with E-state index in [1.807, 2.05) is 30.0 Å². The van der Waals surface area contributed by atoms with Crippen LogP contribution in [0.5, 0.6) is 0 Å². The predicted octanol–water partition coefficient (Wildman–Crippen LogP) is 3.11. The fourth-order valence-corrected chi connectivity index (χ4v) is 3.24. The van der Waals surface area contributed by atoms with E-state index in [2.05, 4.69) is 44.7 Å². The maximum absolute atomic E-state index is 12.2. The largest absolute Gasteiger partial charge is 0.321 e. The molecule has 23 heavy (non-hydrogen) atoms. The Kier molecular flexibility index (Phi) is 4.87. The fraction of sp³-hybridized carbons (Fsp3) is 0.250. The van der Waals surface area contributed by atoms with Crippen LogP contribution < -0.4 is 5.56 Å². The second kappa shape index (κ2) is 7.23. The molecule has 118 valence electrons. The third-order valence-corrected chi connectivity index (χ3v) is 4.49. The van der Waals surface area contributed by atoms with Gasteiger partial charge in [0, 0.05) is 10.6 Å². The Morgan fingerprint density at radius 3 is 2.87 bits per heavy atom. The molecule has 0 saturated heterocycles. The Bertz CT molecular complexity index is 828. The number of benzene rings is 1. The van der Waals surface area contributed by atoms with Crippen LogP contribution in [0.25, 0.3) is 22.6 Å². The molecule has 2 N–H and O–H groups in total. The molecule has 0 atom stereocenters. The van der Waals surface area contributed by atoms with Crippen molar-refractivity contribution in [3.63, 3.8) is 0 Å². The van der Waals surface area contributed by atoms with Crippen LogP contribution in [-0.4, -0.2) is 31.4 Å². The maximum atomic E-state index is 12.2. The van der Waals surface area contributed by atoms with Gasteiger partial charge in [-0.05, 0) is 47.2 Å².